The lowest BCUT2D eigenvalue weighted by molar-refractivity contribution is -0.169. The lowest BCUT2D eigenvalue weighted by Gasteiger charge is -2.48. The van der Waals surface area contributed by atoms with Gasteiger partial charge >= 0.3 is 12.1 Å². The van der Waals surface area contributed by atoms with E-state index in [-0.39, 0.29) is 24.2 Å². The molecule has 7 nitrogen and oxygen atoms in total. The summed E-state index contributed by atoms with van der Waals surface area (Å²) in [5.41, 5.74) is 0.679. The van der Waals surface area contributed by atoms with Crippen molar-refractivity contribution in [1.82, 2.24) is 9.80 Å². The van der Waals surface area contributed by atoms with Crippen LogP contribution in [-0.4, -0.2) is 73.4 Å². The highest BCUT2D eigenvalue weighted by Crippen LogP contribution is 2.30. The SMILES string of the molecule is CCOC(=O)CC1(N2CCCN(C(=O)OCc3ccccc3)CC2)COC1. The number of hydrogen-bond donors (Lipinski definition) is 0. The molecule has 0 aromatic heterocycles. The zero-order valence-corrected chi connectivity index (χ0v) is 15.9. The van der Waals surface area contributed by atoms with Gasteiger partial charge in [0.25, 0.3) is 0 Å². The van der Waals surface area contributed by atoms with Crippen molar-refractivity contribution in [3.8, 4) is 0 Å². The molecule has 0 radical (unpaired) electrons. The van der Waals surface area contributed by atoms with Gasteiger partial charge in [0.2, 0.25) is 0 Å². The second-order valence-electron chi connectivity index (χ2n) is 7.07. The maximum absolute atomic E-state index is 12.4. The first-order valence-electron chi connectivity index (χ1n) is 9.57. The molecule has 1 aromatic rings. The molecule has 7 heteroatoms. The van der Waals surface area contributed by atoms with Crippen LogP contribution in [0.4, 0.5) is 4.79 Å². The number of carbonyl (C=O) groups excluding carboxylic acids is 2. The first kappa shape index (κ1) is 19.6. The summed E-state index contributed by atoms with van der Waals surface area (Å²) in [6.45, 7) is 6.30. The van der Waals surface area contributed by atoms with E-state index >= 15 is 0 Å². The second-order valence-corrected chi connectivity index (χ2v) is 7.07. The van der Waals surface area contributed by atoms with E-state index < -0.39 is 0 Å². The molecule has 1 amide bonds. The highest BCUT2D eigenvalue weighted by molar-refractivity contribution is 5.71. The fourth-order valence-electron chi connectivity index (χ4n) is 3.60. The lowest BCUT2D eigenvalue weighted by Crippen LogP contribution is -2.64. The fourth-order valence-corrected chi connectivity index (χ4v) is 3.60. The summed E-state index contributed by atoms with van der Waals surface area (Å²) in [5.74, 6) is -0.191. The zero-order valence-electron chi connectivity index (χ0n) is 15.9. The molecule has 1 aromatic carbocycles. The second kappa shape index (κ2) is 9.19. The molecule has 0 saturated carbocycles. The lowest BCUT2D eigenvalue weighted by atomic mass is 9.90. The van der Waals surface area contributed by atoms with Crippen molar-refractivity contribution in [3.05, 3.63) is 35.9 Å². The van der Waals surface area contributed by atoms with E-state index in [2.05, 4.69) is 4.90 Å². The Labute approximate surface area is 160 Å². The molecule has 2 heterocycles. The zero-order chi connectivity index (χ0) is 19.1. The third-order valence-corrected chi connectivity index (χ3v) is 5.15. The Bertz CT molecular complexity index is 633. The molecule has 0 aliphatic carbocycles. The summed E-state index contributed by atoms with van der Waals surface area (Å²) in [4.78, 5) is 28.4. The molecule has 2 saturated heterocycles. The van der Waals surface area contributed by atoms with E-state index in [0.29, 0.717) is 45.9 Å². The Morgan fingerprint density at radius 1 is 1.07 bits per heavy atom. The van der Waals surface area contributed by atoms with Crippen LogP contribution in [0.2, 0.25) is 0 Å². The van der Waals surface area contributed by atoms with Crippen molar-refractivity contribution >= 4 is 12.1 Å². The summed E-state index contributed by atoms with van der Waals surface area (Å²) >= 11 is 0. The van der Waals surface area contributed by atoms with E-state index in [1.807, 2.05) is 37.3 Å². The number of hydrogen-bond acceptors (Lipinski definition) is 6. The maximum Gasteiger partial charge on any atom is 0.410 e. The minimum absolute atomic E-state index is 0.191. The van der Waals surface area contributed by atoms with Crippen molar-refractivity contribution in [2.24, 2.45) is 0 Å². The molecule has 0 bridgehead atoms. The molecule has 148 valence electrons. The standard InChI is InChI=1S/C20H28N2O5/c1-2-26-18(23)13-20(15-25-16-20)22-10-6-9-21(11-12-22)19(24)27-14-17-7-4-3-5-8-17/h3-5,7-8H,2,6,9-16H2,1H3. The summed E-state index contributed by atoms with van der Waals surface area (Å²) in [5, 5.41) is 0. The van der Waals surface area contributed by atoms with Crippen LogP contribution in [0.1, 0.15) is 25.3 Å². The van der Waals surface area contributed by atoms with Crippen LogP contribution in [0.3, 0.4) is 0 Å². The number of nitrogens with zero attached hydrogens (tertiary/aromatic N) is 2. The third-order valence-electron chi connectivity index (χ3n) is 5.15. The predicted molar refractivity (Wildman–Crippen MR) is 99.2 cm³/mol. The molecule has 2 fully saturated rings. The number of benzene rings is 1. The van der Waals surface area contributed by atoms with Crippen molar-refractivity contribution in [2.45, 2.75) is 31.9 Å². The van der Waals surface area contributed by atoms with Gasteiger partial charge in [-0.05, 0) is 18.9 Å². The van der Waals surface area contributed by atoms with Crippen molar-refractivity contribution in [1.29, 1.82) is 0 Å². The van der Waals surface area contributed by atoms with Crippen molar-refractivity contribution in [2.75, 3.05) is 46.0 Å². The Hall–Kier alpha value is -2.12. The average molecular weight is 376 g/mol. The van der Waals surface area contributed by atoms with E-state index in [9.17, 15) is 9.59 Å². The van der Waals surface area contributed by atoms with Gasteiger partial charge < -0.3 is 19.1 Å². The number of rotatable bonds is 6. The Kier molecular flexibility index (Phi) is 6.68. The minimum Gasteiger partial charge on any atom is -0.466 e. The third kappa shape index (κ3) is 4.99. The number of carbonyl (C=O) groups is 2. The Balaban J connectivity index is 1.52. The summed E-state index contributed by atoms with van der Waals surface area (Å²) in [6.07, 6.45) is 0.884. The van der Waals surface area contributed by atoms with E-state index in [1.54, 1.807) is 4.90 Å². The van der Waals surface area contributed by atoms with Gasteiger partial charge in [-0.2, -0.15) is 0 Å². The number of esters is 1. The van der Waals surface area contributed by atoms with Crippen LogP contribution in [0.5, 0.6) is 0 Å². The Morgan fingerprint density at radius 2 is 1.85 bits per heavy atom. The molecular weight excluding hydrogens is 348 g/mol. The predicted octanol–water partition coefficient (Wildman–Crippen LogP) is 2.05. The van der Waals surface area contributed by atoms with Gasteiger partial charge in [0.05, 0.1) is 31.8 Å². The summed E-state index contributed by atoms with van der Waals surface area (Å²) < 4.78 is 16.0. The van der Waals surface area contributed by atoms with Gasteiger partial charge in [-0.15, -0.1) is 0 Å². The van der Waals surface area contributed by atoms with Crippen LogP contribution >= 0.6 is 0 Å². The normalized spacial score (nSPS) is 19.7. The molecule has 0 unspecified atom stereocenters. The average Bonchev–Trinajstić information content (AvgIpc) is 2.90. The molecule has 0 spiro atoms. The number of ether oxygens (including phenoxy) is 3. The van der Waals surface area contributed by atoms with Gasteiger partial charge in [-0.1, -0.05) is 30.3 Å². The molecule has 2 aliphatic heterocycles. The fraction of sp³-hybridized carbons (Fsp3) is 0.600. The Morgan fingerprint density at radius 3 is 2.52 bits per heavy atom. The quantitative estimate of drug-likeness (QED) is 0.708. The first-order valence-corrected chi connectivity index (χ1v) is 9.57. The van der Waals surface area contributed by atoms with Crippen molar-refractivity contribution < 1.29 is 23.8 Å². The van der Waals surface area contributed by atoms with Crippen LogP contribution in [0.15, 0.2) is 30.3 Å². The van der Waals surface area contributed by atoms with Crippen molar-refractivity contribution in [3.63, 3.8) is 0 Å². The van der Waals surface area contributed by atoms with E-state index in [4.69, 9.17) is 14.2 Å². The summed E-state index contributed by atoms with van der Waals surface area (Å²) in [6, 6.07) is 9.67. The largest absolute Gasteiger partial charge is 0.466 e. The van der Waals surface area contributed by atoms with Crippen LogP contribution in [-0.2, 0) is 25.6 Å². The highest BCUT2D eigenvalue weighted by Gasteiger charge is 2.46. The van der Waals surface area contributed by atoms with Crippen LogP contribution < -0.4 is 0 Å². The van der Waals surface area contributed by atoms with E-state index in [1.165, 1.54) is 0 Å². The van der Waals surface area contributed by atoms with Gasteiger partial charge in [0.1, 0.15) is 6.61 Å². The highest BCUT2D eigenvalue weighted by atomic mass is 16.6. The smallest absolute Gasteiger partial charge is 0.410 e. The molecule has 3 rings (SSSR count). The minimum atomic E-state index is -0.295. The van der Waals surface area contributed by atoms with Gasteiger partial charge in [-0.3, -0.25) is 9.69 Å². The van der Waals surface area contributed by atoms with Crippen LogP contribution in [0, 0.1) is 0 Å². The van der Waals surface area contributed by atoms with Crippen LogP contribution in [0.25, 0.3) is 0 Å². The maximum atomic E-state index is 12.4. The first-order chi connectivity index (χ1) is 13.1. The molecule has 2 aliphatic rings. The van der Waals surface area contributed by atoms with E-state index in [0.717, 1.165) is 18.5 Å². The van der Waals surface area contributed by atoms with Gasteiger partial charge in [0.15, 0.2) is 0 Å². The van der Waals surface area contributed by atoms with Gasteiger partial charge in [0, 0.05) is 26.2 Å². The molecular formula is C20H28N2O5. The molecule has 0 N–H and O–H groups in total. The monoisotopic (exact) mass is 376 g/mol. The topological polar surface area (TPSA) is 68.3 Å². The summed E-state index contributed by atoms with van der Waals surface area (Å²) in [7, 11) is 0. The van der Waals surface area contributed by atoms with Gasteiger partial charge in [-0.25, -0.2) is 4.79 Å². The molecule has 27 heavy (non-hydrogen) atoms. The number of amides is 1. The molecule has 0 atom stereocenters.